The third kappa shape index (κ3) is 5.00. The first-order valence-corrected chi connectivity index (χ1v) is 9.66. The second-order valence-electron chi connectivity index (χ2n) is 6.19. The van der Waals surface area contributed by atoms with Crippen molar-refractivity contribution in [3.63, 3.8) is 0 Å². The van der Waals surface area contributed by atoms with Crippen molar-refractivity contribution in [1.29, 1.82) is 0 Å². The molecule has 0 unspecified atom stereocenters. The second kappa shape index (κ2) is 9.18. The van der Waals surface area contributed by atoms with Gasteiger partial charge < -0.3 is 20.7 Å². The van der Waals surface area contributed by atoms with Crippen LogP contribution in [-0.2, 0) is 14.3 Å². The van der Waals surface area contributed by atoms with E-state index in [1.54, 1.807) is 24.3 Å². The summed E-state index contributed by atoms with van der Waals surface area (Å²) in [7, 11) is 1.27. The van der Waals surface area contributed by atoms with E-state index in [0.717, 1.165) is 16.2 Å². The van der Waals surface area contributed by atoms with Crippen molar-refractivity contribution in [3.8, 4) is 0 Å². The first kappa shape index (κ1) is 21.0. The molecule has 0 spiro atoms. The minimum Gasteiger partial charge on any atom is -0.465 e. The van der Waals surface area contributed by atoms with Crippen molar-refractivity contribution in [2.24, 2.45) is 0 Å². The number of ether oxygens (including phenoxy) is 1. The van der Waals surface area contributed by atoms with Crippen molar-refractivity contribution in [3.05, 3.63) is 46.2 Å². The van der Waals surface area contributed by atoms with Crippen molar-refractivity contribution in [1.82, 2.24) is 10.2 Å². The lowest BCUT2D eigenvalue weighted by molar-refractivity contribution is -0.125. The van der Waals surface area contributed by atoms with Gasteiger partial charge in [0.2, 0.25) is 11.8 Å². The van der Waals surface area contributed by atoms with E-state index in [2.05, 4.69) is 20.7 Å². The predicted octanol–water partition coefficient (Wildman–Crippen LogP) is 1.67. The normalized spacial score (nSPS) is 13.0. The molecule has 30 heavy (non-hydrogen) atoms. The third-order valence-corrected chi connectivity index (χ3v) is 5.21. The summed E-state index contributed by atoms with van der Waals surface area (Å²) in [4.78, 5) is 60.4. The molecule has 3 N–H and O–H groups in total. The quantitative estimate of drug-likeness (QED) is 0.452. The molecule has 1 saturated heterocycles. The number of hydrogen-bond acceptors (Lipinski definition) is 7. The van der Waals surface area contributed by atoms with E-state index in [1.807, 2.05) is 0 Å². The number of imide groups is 1. The second-order valence-corrected chi connectivity index (χ2v) is 7.27. The Bertz CT molecular complexity index is 985. The molecule has 156 valence electrons. The maximum Gasteiger partial charge on any atom is 0.348 e. The topological polar surface area (TPSA) is 134 Å². The summed E-state index contributed by atoms with van der Waals surface area (Å²) < 4.78 is 4.62. The fourth-order valence-corrected chi connectivity index (χ4v) is 3.44. The van der Waals surface area contributed by atoms with Crippen LogP contribution in [-0.4, -0.2) is 54.8 Å². The number of carbonyl (C=O) groups excluding carboxylic acids is 5. The Kier molecular flexibility index (Phi) is 6.42. The number of thiophene rings is 1. The molecule has 1 aliphatic heterocycles. The SMILES string of the molecule is COC(=O)c1ccc(C(=O)Nc2ccc(NC(=O)CCN3C(=O)CNC3=O)cc2)s1. The van der Waals surface area contributed by atoms with Gasteiger partial charge in [-0.15, -0.1) is 11.3 Å². The van der Waals surface area contributed by atoms with E-state index in [1.165, 1.54) is 19.2 Å². The van der Waals surface area contributed by atoms with Crippen molar-refractivity contribution in [2.75, 3.05) is 30.8 Å². The molecular weight excluding hydrogens is 412 g/mol. The molecule has 10 nitrogen and oxygen atoms in total. The average Bonchev–Trinajstić information content (AvgIpc) is 3.35. The summed E-state index contributed by atoms with van der Waals surface area (Å²) >= 11 is 1.02. The lowest BCUT2D eigenvalue weighted by Crippen LogP contribution is -2.33. The molecule has 3 rings (SSSR count). The molecular formula is C19H18N4O6S. The average molecular weight is 430 g/mol. The zero-order valence-electron chi connectivity index (χ0n) is 15.9. The largest absolute Gasteiger partial charge is 0.465 e. The number of methoxy groups -OCH3 is 1. The van der Waals surface area contributed by atoms with E-state index >= 15 is 0 Å². The molecule has 0 atom stereocenters. The minimum absolute atomic E-state index is 0.000975. The van der Waals surface area contributed by atoms with Gasteiger partial charge in [0.25, 0.3) is 5.91 Å². The van der Waals surface area contributed by atoms with E-state index in [0.29, 0.717) is 21.1 Å². The number of benzene rings is 1. The molecule has 1 aliphatic rings. The van der Waals surface area contributed by atoms with E-state index < -0.39 is 12.0 Å². The number of rotatable bonds is 7. The standard InChI is InChI=1S/C19H18N4O6S/c1-29-18(27)14-7-6-13(30-14)17(26)22-12-4-2-11(3-5-12)21-15(24)8-9-23-16(25)10-20-19(23)28/h2-7H,8-10H2,1H3,(H,20,28)(H,21,24)(H,22,26). The Morgan fingerprint density at radius 1 is 1.03 bits per heavy atom. The molecule has 5 amide bonds. The van der Waals surface area contributed by atoms with Crippen LogP contribution in [0.3, 0.4) is 0 Å². The van der Waals surface area contributed by atoms with E-state index in [-0.39, 0.29) is 37.2 Å². The van der Waals surface area contributed by atoms with E-state index in [9.17, 15) is 24.0 Å². The van der Waals surface area contributed by atoms with Gasteiger partial charge in [0.15, 0.2) is 0 Å². The smallest absolute Gasteiger partial charge is 0.348 e. The molecule has 0 saturated carbocycles. The van der Waals surface area contributed by atoms with Crippen LogP contribution in [0.15, 0.2) is 36.4 Å². The number of esters is 1. The van der Waals surface area contributed by atoms with Crippen LogP contribution in [0, 0.1) is 0 Å². The van der Waals surface area contributed by atoms with E-state index in [4.69, 9.17) is 0 Å². The summed E-state index contributed by atoms with van der Waals surface area (Å²) in [5, 5.41) is 7.74. The van der Waals surface area contributed by atoms with Crippen LogP contribution in [0.5, 0.6) is 0 Å². The molecule has 0 bridgehead atoms. The van der Waals surface area contributed by atoms with Crippen LogP contribution < -0.4 is 16.0 Å². The number of amides is 5. The van der Waals surface area contributed by atoms with Crippen LogP contribution in [0.2, 0.25) is 0 Å². The Balaban J connectivity index is 1.50. The fourth-order valence-electron chi connectivity index (χ4n) is 2.62. The van der Waals surface area contributed by atoms with Crippen LogP contribution >= 0.6 is 11.3 Å². The summed E-state index contributed by atoms with van der Waals surface area (Å²) in [6, 6.07) is 8.98. The first-order valence-electron chi connectivity index (χ1n) is 8.85. The molecule has 1 aromatic heterocycles. The molecule has 2 heterocycles. The number of anilines is 2. The summed E-state index contributed by atoms with van der Waals surface area (Å²) in [6.07, 6.45) is -0.0292. The van der Waals surface area contributed by atoms with Crippen LogP contribution in [0.25, 0.3) is 0 Å². The molecule has 1 fully saturated rings. The van der Waals surface area contributed by atoms with Gasteiger partial charge in [-0.25, -0.2) is 9.59 Å². The Hall–Kier alpha value is -3.73. The van der Waals surface area contributed by atoms with Crippen molar-refractivity contribution < 1.29 is 28.7 Å². The Morgan fingerprint density at radius 2 is 1.67 bits per heavy atom. The van der Waals surface area contributed by atoms with Gasteiger partial charge in [0.05, 0.1) is 18.5 Å². The highest BCUT2D eigenvalue weighted by Crippen LogP contribution is 2.20. The number of nitrogens with one attached hydrogen (secondary N) is 3. The molecule has 2 aromatic rings. The highest BCUT2D eigenvalue weighted by Gasteiger charge is 2.28. The monoisotopic (exact) mass is 430 g/mol. The van der Waals surface area contributed by atoms with Gasteiger partial charge in [-0.2, -0.15) is 0 Å². The van der Waals surface area contributed by atoms with Crippen LogP contribution in [0.1, 0.15) is 25.8 Å². The third-order valence-electron chi connectivity index (χ3n) is 4.14. The first-order chi connectivity index (χ1) is 14.4. The Morgan fingerprint density at radius 3 is 2.27 bits per heavy atom. The van der Waals surface area contributed by atoms with Gasteiger partial charge >= 0.3 is 12.0 Å². The molecule has 0 aliphatic carbocycles. The molecule has 0 radical (unpaired) electrons. The fraction of sp³-hybridized carbons (Fsp3) is 0.211. The van der Waals surface area contributed by atoms with Crippen molar-refractivity contribution in [2.45, 2.75) is 6.42 Å². The van der Waals surface area contributed by atoms with Gasteiger partial charge in [0, 0.05) is 24.3 Å². The number of carbonyl (C=O) groups is 5. The summed E-state index contributed by atoms with van der Waals surface area (Å²) in [5.41, 5.74) is 1.00. The molecule has 11 heteroatoms. The van der Waals surface area contributed by atoms with Gasteiger partial charge in [-0.3, -0.25) is 19.3 Å². The number of urea groups is 1. The number of nitrogens with zero attached hydrogens (tertiary/aromatic N) is 1. The highest BCUT2D eigenvalue weighted by molar-refractivity contribution is 7.16. The maximum absolute atomic E-state index is 12.3. The maximum atomic E-state index is 12.3. The predicted molar refractivity (Wildman–Crippen MR) is 108 cm³/mol. The lowest BCUT2D eigenvalue weighted by atomic mass is 10.2. The zero-order valence-corrected chi connectivity index (χ0v) is 16.7. The van der Waals surface area contributed by atoms with Gasteiger partial charge in [-0.05, 0) is 36.4 Å². The van der Waals surface area contributed by atoms with Gasteiger partial charge in [0.1, 0.15) is 4.88 Å². The van der Waals surface area contributed by atoms with Gasteiger partial charge in [-0.1, -0.05) is 0 Å². The number of hydrogen-bond donors (Lipinski definition) is 3. The van der Waals surface area contributed by atoms with Crippen LogP contribution in [0.4, 0.5) is 16.2 Å². The Labute approximate surface area is 175 Å². The summed E-state index contributed by atoms with van der Waals surface area (Å²) in [5.74, 6) is -1.60. The molecule has 1 aromatic carbocycles. The lowest BCUT2D eigenvalue weighted by Gasteiger charge is -2.12. The highest BCUT2D eigenvalue weighted by atomic mass is 32.1. The zero-order chi connectivity index (χ0) is 21.7. The minimum atomic E-state index is -0.506. The summed E-state index contributed by atoms with van der Waals surface area (Å²) in [6.45, 7) is -0.0534. The van der Waals surface area contributed by atoms with Crippen molar-refractivity contribution >= 4 is 52.4 Å².